The predicted octanol–water partition coefficient (Wildman–Crippen LogP) is 1.68. The van der Waals surface area contributed by atoms with Gasteiger partial charge in [-0.05, 0) is 13.8 Å². The highest BCUT2D eigenvalue weighted by Crippen LogP contribution is 2.21. The van der Waals surface area contributed by atoms with Gasteiger partial charge in [-0.15, -0.1) is 0 Å². The third-order valence-electron chi connectivity index (χ3n) is 1.90. The van der Waals surface area contributed by atoms with Gasteiger partial charge in [0.25, 0.3) is 0 Å². The minimum absolute atomic E-state index is 0.247. The summed E-state index contributed by atoms with van der Waals surface area (Å²) >= 11 is 0. The molecule has 18 heavy (non-hydrogen) atoms. The van der Waals surface area contributed by atoms with Crippen LogP contribution in [0.4, 0.5) is 13.2 Å². The lowest BCUT2D eigenvalue weighted by Crippen LogP contribution is -2.42. The van der Waals surface area contributed by atoms with Gasteiger partial charge in [-0.3, -0.25) is 0 Å². The predicted molar refractivity (Wildman–Crippen MR) is 56.3 cm³/mol. The van der Waals surface area contributed by atoms with Crippen LogP contribution in [0.15, 0.2) is 17.0 Å². The van der Waals surface area contributed by atoms with E-state index in [1.54, 1.807) is 6.07 Å². The van der Waals surface area contributed by atoms with Gasteiger partial charge in [0.2, 0.25) is 10.0 Å². The van der Waals surface area contributed by atoms with Crippen molar-refractivity contribution in [2.75, 3.05) is 0 Å². The first-order chi connectivity index (χ1) is 8.09. The first-order valence-electron chi connectivity index (χ1n) is 4.69. The molecule has 0 aromatic heterocycles. The fourth-order valence-corrected chi connectivity index (χ4v) is 2.65. The molecular weight excluding hydrogens is 269 g/mol. The van der Waals surface area contributed by atoms with E-state index in [4.69, 9.17) is 5.26 Å². The highest BCUT2D eigenvalue weighted by atomic mass is 32.2. The summed E-state index contributed by atoms with van der Waals surface area (Å²) in [6, 6.07) is 2.10. The van der Waals surface area contributed by atoms with Crippen molar-refractivity contribution in [1.29, 1.82) is 5.26 Å². The van der Waals surface area contributed by atoms with E-state index in [1.807, 2.05) is 4.72 Å². The number of nitrogens with zero attached hydrogens (tertiary/aromatic N) is 1. The van der Waals surface area contributed by atoms with E-state index in [1.165, 1.54) is 13.8 Å². The standard InChI is InChI=1S/C10H9F3N2O2S/c1-10(2,5-14)15-18(16,17)9-7(12)3-6(11)4-8(9)13/h3-4,15H,1-2H3. The SMILES string of the molecule is CC(C)(C#N)NS(=O)(=O)c1c(F)cc(F)cc1F. The van der Waals surface area contributed by atoms with Crippen LogP contribution in [-0.2, 0) is 10.0 Å². The van der Waals surface area contributed by atoms with Crippen LogP contribution >= 0.6 is 0 Å². The second-order valence-electron chi connectivity index (χ2n) is 4.04. The summed E-state index contributed by atoms with van der Waals surface area (Å²) in [4.78, 5) is -1.31. The molecule has 98 valence electrons. The third kappa shape index (κ3) is 3.00. The zero-order valence-electron chi connectivity index (χ0n) is 9.46. The number of nitrogens with one attached hydrogen (secondary N) is 1. The largest absolute Gasteiger partial charge is 0.247 e. The molecule has 1 rings (SSSR count). The number of rotatable bonds is 3. The molecule has 8 heteroatoms. The first-order valence-corrected chi connectivity index (χ1v) is 6.17. The smallest absolute Gasteiger partial charge is 0.207 e. The lowest BCUT2D eigenvalue weighted by Gasteiger charge is -2.18. The molecule has 0 radical (unpaired) electrons. The number of hydrogen-bond acceptors (Lipinski definition) is 3. The lowest BCUT2D eigenvalue weighted by atomic mass is 10.1. The second kappa shape index (κ2) is 4.59. The van der Waals surface area contributed by atoms with Gasteiger partial charge in [-0.1, -0.05) is 0 Å². The summed E-state index contributed by atoms with van der Waals surface area (Å²) in [6.07, 6.45) is 0. The molecule has 0 saturated heterocycles. The van der Waals surface area contributed by atoms with E-state index in [2.05, 4.69) is 0 Å². The van der Waals surface area contributed by atoms with Crippen molar-refractivity contribution in [2.45, 2.75) is 24.3 Å². The fraction of sp³-hybridized carbons (Fsp3) is 0.300. The van der Waals surface area contributed by atoms with E-state index >= 15 is 0 Å². The van der Waals surface area contributed by atoms with Crippen LogP contribution in [0.25, 0.3) is 0 Å². The molecular formula is C10H9F3N2O2S. The number of sulfonamides is 1. The topological polar surface area (TPSA) is 70.0 Å². The van der Waals surface area contributed by atoms with Gasteiger partial charge in [0.1, 0.15) is 23.0 Å². The van der Waals surface area contributed by atoms with Gasteiger partial charge in [-0.25, -0.2) is 21.6 Å². The highest BCUT2D eigenvalue weighted by Gasteiger charge is 2.31. The molecule has 0 amide bonds. The Bertz CT molecular complexity index is 597. The molecule has 4 nitrogen and oxygen atoms in total. The molecule has 0 fully saturated rings. The Hall–Kier alpha value is -1.59. The minimum Gasteiger partial charge on any atom is -0.207 e. The molecule has 0 atom stereocenters. The Morgan fingerprint density at radius 3 is 2.06 bits per heavy atom. The molecule has 0 aliphatic heterocycles. The molecule has 0 bridgehead atoms. The zero-order chi connectivity index (χ0) is 14.1. The Balaban J connectivity index is 3.36. The highest BCUT2D eigenvalue weighted by molar-refractivity contribution is 7.89. The molecule has 0 aliphatic carbocycles. The zero-order valence-corrected chi connectivity index (χ0v) is 10.3. The van der Waals surface area contributed by atoms with Crippen LogP contribution in [0.1, 0.15) is 13.8 Å². The van der Waals surface area contributed by atoms with Gasteiger partial charge < -0.3 is 0 Å². The average Bonchev–Trinajstić information content (AvgIpc) is 2.13. The normalized spacial score (nSPS) is 12.2. The van der Waals surface area contributed by atoms with Crippen LogP contribution < -0.4 is 4.72 Å². The van der Waals surface area contributed by atoms with Crippen molar-refractivity contribution in [3.05, 3.63) is 29.6 Å². The van der Waals surface area contributed by atoms with Gasteiger partial charge in [0, 0.05) is 12.1 Å². The van der Waals surface area contributed by atoms with Crippen molar-refractivity contribution in [3.8, 4) is 6.07 Å². The molecule has 0 spiro atoms. The number of nitriles is 1. The maximum Gasteiger partial charge on any atom is 0.247 e. The van der Waals surface area contributed by atoms with Crippen molar-refractivity contribution < 1.29 is 21.6 Å². The summed E-state index contributed by atoms with van der Waals surface area (Å²) in [5.41, 5.74) is -1.55. The Morgan fingerprint density at radius 2 is 1.67 bits per heavy atom. The second-order valence-corrected chi connectivity index (χ2v) is 5.66. The van der Waals surface area contributed by atoms with Gasteiger partial charge in [0.15, 0.2) is 4.90 Å². The molecule has 1 aromatic rings. The Kier molecular flexibility index (Phi) is 3.69. The Morgan fingerprint density at radius 1 is 1.22 bits per heavy atom. The molecule has 0 unspecified atom stereocenters. The van der Waals surface area contributed by atoms with E-state index in [0.29, 0.717) is 0 Å². The van der Waals surface area contributed by atoms with Crippen LogP contribution in [0.5, 0.6) is 0 Å². The van der Waals surface area contributed by atoms with E-state index in [-0.39, 0.29) is 12.1 Å². The van der Waals surface area contributed by atoms with Crippen molar-refractivity contribution in [1.82, 2.24) is 4.72 Å². The minimum atomic E-state index is -4.60. The van der Waals surface area contributed by atoms with Crippen molar-refractivity contribution in [3.63, 3.8) is 0 Å². The summed E-state index contributed by atoms with van der Waals surface area (Å²) < 4.78 is 64.5. The van der Waals surface area contributed by atoms with E-state index in [9.17, 15) is 21.6 Å². The van der Waals surface area contributed by atoms with Gasteiger partial charge in [-0.2, -0.15) is 9.98 Å². The molecule has 0 heterocycles. The van der Waals surface area contributed by atoms with Crippen LogP contribution in [0.3, 0.4) is 0 Å². The molecule has 1 N–H and O–H groups in total. The fourth-order valence-electron chi connectivity index (χ4n) is 1.20. The number of hydrogen-bond donors (Lipinski definition) is 1. The quantitative estimate of drug-likeness (QED) is 0.914. The van der Waals surface area contributed by atoms with E-state index in [0.717, 1.165) is 0 Å². The van der Waals surface area contributed by atoms with Crippen molar-refractivity contribution >= 4 is 10.0 Å². The summed E-state index contributed by atoms with van der Waals surface area (Å²) in [7, 11) is -4.60. The van der Waals surface area contributed by atoms with Gasteiger partial charge in [0.05, 0.1) is 6.07 Å². The maximum absolute atomic E-state index is 13.3. The summed E-state index contributed by atoms with van der Waals surface area (Å²) in [5.74, 6) is -4.36. The van der Waals surface area contributed by atoms with Crippen LogP contribution in [-0.4, -0.2) is 14.0 Å². The monoisotopic (exact) mass is 278 g/mol. The first kappa shape index (κ1) is 14.5. The molecule has 0 saturated carbocycles. The van der Waals surface area contributed by atoms with Crippen molar-refractivity contribution in [2.24, 2.45) is 0 Å². The van der Waals surface area contributed by atoms with Gasteiger partial charge >= 0.3 is 0 Å². The maximum atomic E-state index is 13.3. The summed E-state index contributed by atoms with van der Waals surface area (Å²) in [6.45, 7) is 2.42. The molecule has 0 aliphatic rings. The summed E-state index contributed by atoms with van der Waals surface area (Å²) in [5, 5.41) is 8.66. The third-order valence-corrected chi connectivity index (χ3v) is 3.61. The Labute approximate surface area is 102 Å². The van der Waals surface area contributed by atoms with Crippen LogP contribution in [0, 0.1) is 28.8 Å². The molecule has 1 aromatic carbocycles. The van der Waals surface area contributed by atoms with Crippen LogP contribution in [0.2, 0.25) is 0 Å². The number of halogens is 3. The lowest BCUT2D eigenvalue weighted by molar-refractivity contribution is 0.484. The average molecular weight is 278 g/mol. The van der Waals surface area contributed by atoms with E-state index < -0.39 is 37.9 Å². The number of benzene rings is 1.